The van der Waals surface area contributed by atoms with E-state index in [-0.39, 0.29) is 5.91 Å². The maximum absolute atomic E-state index is 12.8. The first kappa shape index (κ1) is 23.7. The van der Waals surface area contributed by atoms with Gasteiger partial charge in [0.05, 0.1) is 19.8 Å². The smallest absolute Gasteiger partial charge is 0.251 e. The molecule has 1 saturated heterocycles. The molecule has 0 aromatic heterocycles. The van der Waals surface area contributed by atoms with Gasteiger partial charge in [0.2, 0.25) is 5.75 Å². The van der Waals surface area contributed by atoms with Gasteiger partial charge in [-0.2, -0.15) is 0 Å². The van der Waals surface area contributed by atoms with Gasteiger partial charge in [-0.25, -0.2) is 0 Å². The van der Waals surface area contributed by atoms with E-state index in [1.165, 1.54) is 5.69 Å². The highest BCUT2D eigenvalue weighted by Crippen LogP contribution is 2.39. The van der Waals surface area contributed by atoms with Crippen molar-refractivity contribution in [3.05, 3.63) is 48.0 Å². The van der Waals surface area contributed by atoms with Crippen molar-refractivity contribution in [1.82, 2.24) is 10.2 Å². The lowest BCUT2D eigenvalue weighted by atomic mass is 10.1. The van der Waals surface area contributed by atoms with Crippen molar-refractivity contribution < 1.29 is 19.0 Å². The molecule has 1 N–H and O–H groups in total. The Hall–Kier alpha value is -2.93. The number of nitrogens with one attached hydrogen (secondary N) is 1. The van der Waals surface area contributed by atoms with Crippen molar-refractivity contribution in [1.29, 1.82) is 0 Å². The Kier molecular flexibility index (Phi) is 9.04. The fourth-order valence-corrected chi connectivity index (χ4v) is 3.82. The van der Waals surface area contributed by atoms with Crippen LogP contribution in [0.2, 0.25) is 0 Å². The Balaban J connectivity index is 1.54. The van der Waals surface area contributed by atoms with E-state index in [1.807, 2.05) is 26.8 Å². The van der Waals surface area contributed by atoms with Gasteiger partial charge in [0, 0.05) is 50.5 Å². The second-order valence-electron chi connectivity index (χ2n) is 7.52. The lowest BCUT2D eigenvalue weighted by molar-refractivity contribution is 0.0946. The van der Waals surface area contributed by atoms with Gasteiger partial charge in [-0.15, -0.1) is 0 Å². The van der Waals surface area contributed by atoms with Crippen molar-refractivity contribution in [2.24, 2.45) is 0 Å². The largest absolute Gasteiger partial charge is 0.490 e. The van der Waals surface area contributed by atoms with E-state index in [0.29, 0.717) is 49.2 Å². The number of hydrogen-bond acceptors (Lipinski definition) is 6. The van der Waals surface area contributed by atoms with E-state index >= 15 is 0 Å². The molecule has 3 rings (SSSR count). The maximum atomic E-state index is 12.8. The van der Waals surface area contributed by atoms with Gasteiger partial charge >= 0.3 is 0 Å². The maximum Gasteiger partial charge on any atom is 0.251 e. The third-order valence-electron chi connectivity index (χ3n) is 5.38. The normalized spacial score (nSPS) is 14.2. The fourth-order valence-electron chi connectivity index (χ4n) is 3.82. The van der Waals surface area contributed by atoms with E-state index in [1.54, 1.807) is 12.1 Å². The first-order valence-corrected chi connectivity index (χ1v) is 11.5. The molecule has 0 atom stereocenters. The van der Waals surface area contributed by atoms with Crippen LogP contribution in [0, 0.1) is 0 Å². The molecule has 1 heterocycles. The highest BCUT2D eigenvalue weighted by atomic mass is 16.5. The minimum Gasteiger partial charge on any atom is -0.490 e. The van der Waals surface area contributed by atoms with E-state index < -0.39 is 0 Å². The van der Waals surface area contributed by atoms with Crippen molar-refractivity contribution in [2.75, 3.05) is 64.0 Å². The van der Waals surface area contributed by atoms with Crippen LogP contribution in [-0.2, 0) is 0 Å². The van der Waals surface area contributed by atoms with Crippen molar-refractivity contribution in [3.8, 4) is 17.2 Å². The van der Waals surface area contributed by atoms with Crippen molar-refractivity contribution >= 4 is 11.6 Å². The summed E-state index contributed by atoms with van der Waals surface area (Å²) in [4.78, 5) is 17.6. The fraction of sp³-hybridized carbons (Fsp3) is 0.480. The number of rotatable bonds is 11. The summed E-state index contributed by atoms with van der Waals surface area (Å²) >= 11 is 0. The van der Waals surface area contributed by atoms with Gasteiger partial charge in [0.1, 0.15) is 0 Å². The Morgan fingerprint density at radius 3 is 2.03 bits per heavy atom. The number of ether oxygens (including phenoxy) is 3. The second-order valence-corrected chi connectivity index (χ2v) is 7.52. The first-order chi connectivity index (χ1) is 15.7. The SMILES string of the molecule is CCOc1cc(C(=O)NCCN2CCN(c3ccccc3)CC2)cc(OCC)c1OCC. The molecule has 7 nitrogen and oxygen atoms in total. The molecule has 174 valence electrons. The number of para-hydroxylation sites is 1. The molecule has 0 unspecified atom stereocenters. The van der Waals surface area contributed by atoms with Gasteiger partial charge in [0.25, 0.3) is 5.91 Å². The quantitative estimate of drug-likeness (QED) is 0.576. The van der Waals surface area contributed by atoms with E-state index in [4.69, 9.17) is 14.2 Å². The van der Waals surface area contributed by atoms with Gasteiger partial charge in [-0.1, -0.05) is 18.2 Å². The van der Waals surface area contributed by atoms with Crippen LogP contribution in [0.25, 0.3) is 0 Å². The molecule has 0 saturated carbocycles. The number of amides is 1. The number of benzene rings is 2. The molecule has 2 aromatic rings. The zero-order valence-electron chi connectivity index (χ0n) is 19.4. The molecular formula is C25H35N3O4. The first-order valence-electron chi connectivity index (χ1n) is 11.5. The van der Waals surface area contributed by atoms with Crippen LogP contribution in [0.3, 0.4) is 0 Å². The third-order valence-corrected chi connectivity index (χ3v) is 5.38. The molecule has 1 aliphatic rings. The average molecular weight is 442 g/mol. The molecule has 0 radical (unpaired) electrons. The molecular weight excluding hydrogens is 406 g/mol. The molecule has 2 aromatic carbocycles. The standard InChI is InChI=1S/C25H35N3O4/c1-4-30-22-18-20(19-23(31-5-2)24(22)32-6-3)25(29)26-12-13-27-14-16-28(17-15-27)21-10-8-7-9-11-21/h7-11,18-19H,4-6,12-17H2,1-3H3,(H,26,29). The summed E-state index contributed by atoms with van der Waals surface area (Å²) in [6.45, 7) is 12.5. The van der Waals surface area contributed by atoms with Crippen LogP contribution in [0.5, 0.6) is 17.2 Å². The van der Waals surface area contributed by atoms with Gasteiger partial charge in [-0.05, 0) is 45.0 Å². The number of anilines is 1. The summed E-state index contributed by atoms with van der Waals surface area (Å²) in [5.74, 6) is 1.46. The lowest BCUT2D eigenvalue weighted by Gasteiger charge is -2.36. The van der Waals surface area contributed by atoms with Crippen LogP contribution in [0.4, 0.5) is 5.69 Å². The van der Waals surface area contributed by atoms with E-state index in [9.17, 15) is 4.79 Å². The van der Waals surface area contributed by atoms with Crippen LogP contribution in [0.1, 0.15) is 31.1 Å². The Morgan fingerprint density at radius 2 is 1.47 bits per heavy atom. The number of piperazine rings is 1. The summed E-state index contributed by atoms with van der Waals surface area (Å²) < 4.78 is 17.1. The third kappa shape index (κ3) is 6.29. The number of carbonyl (C=O) groups excluding carboxylic acids is 1. The second kappa shape index (κ2) is 12.2. The molecule has 0 bridgehead atoms. The van der Waals surface area contributed by atoms with Gasteiger partial charge in [0.15, 0.2) is 11.5 Å². The molecule has 32 heavy (non-hydrogen) atoms. The highest BCUT2D eigenvalue weighted by molar-refractivity contribution is 5.95. The highest BCUT2D eigenvalue weighted by Gasteiger charge is 2.19. The van der Waals surface area contributed by atoms with Gasteiger partial charge in [-0.3, -0.25) is 9.69 Å². The summed E-state index contributed by atoms with van der Waals surface area (Å²) in [6.07, 6.45) is 0. The molecule has 1 aliphatic heterocycles. The molecule has 1 amide bonds. The molecule has 7 heteroatoms. The van der Waals surface area contributed by atoms with Crippen molar-refractivity contribution in [3.63, 3.8) is 0 Å². The minimum atomic E-state index is -0.141. The van der Waals surface area contributed by atoms with Crippen LogP contribution in [0.15, 0.2) is 42.5 Å². The number of hydrogen-bond donors (Lipinski definition) is 1. The summed E-state index contributed by atoms with van der Waals surface area (Å²) in [6, 6.07) is 14.0. The average Bonchev–Trinajstić information content (AvgIpc) is 2.82. The number of nitrogens with zero attached hydrogens (tertiary/aromatic N) is 2. The van der Waals surface area contributed by atoms with E-state index in [0.717, 1.165) is 32.7 Å². The number of carbonyl (C=O) groups is 1. The minimum absolute atomic E-state index is 0.141. The Bertz CT molecular complexity index is 825. The summed E-state index contributed by atoms with van der Waals surface area (Å²) in [7, 11) is 0. The van der Waals surface area contributed by atoms with Gasteiger partial charge < -0.3 is 24.4 Å². The molecule has 0 aliphatic carbocycles. The zero-order valence-corrected chi connectivity index (χ0v) is 19.4. The monoisotopic (exact) mass is 441 g/mol. The Morgan fingerprint density at radius 1 is 0.875 bits per heavy atom. The van der Waals surface area contributed by atoms with Crippen LogP contribution < -0.4 is 24.4 Å². The van der Waals surface area contributed by atoms with E-state index in [2.05, 4.69) is 39.4 Å². The predicted molar refractivity (Wildman–Crippen MR) is 127 cm³/mol. The summed E-state index contributed by atoms with van der Waals surface area (Å²) in [5, 5.41) is 3.03. The lowest BCUT2D eigenvalue weighted by Crippen LogP contribution is -2.48. The topological polar surface area (TPSA) is 63.3 Å². The Labute approximate surface area is 191 Å². The summed E-state index contributed by atoms with van der Waals surface area (Å²) in [5.41, 5.74) is 1.78. The van der Waals surface area contributed by atoms with Crippen molar-refractivity contribution in [2.45, 2.75) is 20.8 Å². The molecule has 1 fully saturated rings. The van der Waals surface area contributed by atoms with Crippen LogP contribution >= 0.6 is 0 Å². The molecule has 0 spiro atoms. The predicted octanol–water partition coefficient (Wildman–Crippen LogP) is 3.43. The van der Waals surface area contributed by atoms with Crippen LogP contribution in [-0.4, -0.2) is 69.9 Å². The zero-order chi connectivity index (χ0) is 22.8.